The SMILES string of the molecule is CN=C(NCCN1CCS(=O)(=O)CC1)N(C)CCOc1ccc(Cl)cc1. The summed E-state index contributed by atoms with van der Waals surface area (Å²) in [5, 5.41) is 3.99. The van der Waals surface area contributed by atoms with E-state index in [1.165, 1.54) is 0 Å². The standard InChI is InChI=1S/C17H27ClN4O3S/c1-19-17(20-7-8-22-10-13-26(23,24)14-11-22)21(2)9-12-25-16-5-3-15(18)4-6-16/h3-6H,7-14H2,1-2H3,(H,19,20). The predicted octanol–water partition coefficient (Wildman–Crippen LogP) is 0.956. The molecule has 0 aliphatic carbocycles. The lowest BCUT2D eigenvalue weighted by atomic mass is 10.3. The fourth-order valence-electron chi connectivity index (χ4n) is 2.62. The first kappa shape index (κ1) is 20.8. The van der Waals surface area contributed by atoms with Crippen molar-refractivity contribution in [2.45, 2.75) is 0 Å². The van der Waals surface area contributed by atoms with E-state index in [-0.39, 0.29) is 11.5 Å². The van der Waals surface area contributed by atoms with E-state index in [1.54, 1.807) is 19.2 Å². The Kier molecular flexibility index (Phi) is 7.99. The highest BCUT2D eigenvalue weighted by molar-refractivity contribution is 7.91. The van der Waals surface area contributed by atoms with E-state index in [0.717, 1.165) is 24.8 Å². The van der Waals surface area contributed by atoms with Crippen LogP contribution in [0.15, 0.2) is 29.3 Å². The van der Waals surface area contributed by atoms with Crippen molar-refractivity contribution in [3.63, 3.8) is 0 Å². The summed E-state index contributed by atoms with van der Waals surface area (Å²) in [7, 11) is 0.869. The molecule has 0 unspecified atom stereocenters. The van der Waals surface area contributed by atoms with Crippen molar-refractivity contribution in [1.82, 2.24) is 15.1 Å². The van der Waals surface area contributed by atoms with Gasteiger partial charge in [0.2, 0.25) is 0 Å². The molecule has 1 N–H and O–H groups in total. The third kappa shape index (κ3) is 7.01. The molecule has 0 spiro atoms. The lowest BCUT2D eigenvalue weighted by Gasteiger charge is -2.28. The van der Waals surface area contributed by atoms with Crippen LogP contribution < -0.4 is 10.1 Å². The van der Waals surface area contributed by atoms with Gasteiger partial charge in [0.15, 0.2) is 15.8 Å². The Morgan fingerprint density at radius 1 is 1.31 bits per heavy atom. The maximum Gasteiger partial charge on any atom is 0.193 e. The first-order chi connectivity index (χ1) is 12.4. The smallest absolute Gasteiger partial charge is 0.193 e. The molecule has 146 valence electrons. The van der Waals surface area contributed by atoms with Gasteiger partial charge in [-0.25, -0.2) is 8.42 Å². The zero-order chi connectivity index (χ0) is 19.0. The molecule has 7 nitrogen and oxygen atoms in total. The summed E-state index contributed by atoms with van der Waals surface area (Å²) in [6, 6.07) is 7.28. The number of nitrogens with one attached hydrogen (secondary N) is 1. The number of ether oxygens (including phenoxy) is 1. The van der Waals surface area contributed by atoms with Crippen LogP contribution in [0.5, 0.6) is 5.75 Å². The first-order valence-corrected chi connectivity index (χ1v) is 10.8. The van der Waals surface area contributed by atoms with Crippen molar-refractivity contribution in [3.8, 4) is 5.75 Å². The second-order valence-electron chi connectivity index (χ2n) is 6.19. The monoisotopic (exact) mass is 402 g/mol. The first-order valence-electron chi connectivity index (χ1n) is 8.62. The molecule has 1 heterocycles. The van der Waals surface area contributed by atoms with Gasteiger partial charge in [-0.05, 0) is 24.3 Å². The summed E-state index contributed by atoms with van der Waals surface area (Å²) < 4.78 is 28.6. The molecule has 0 radical (unpaired) electrons. The number of hydrogen-bond donors (Lipinski definition) is 1. The van der Waals surface area contributed by atoms with Gasteiger partial charge in [-0.2, -0.15) is 0 Å². The maximum absolute atomic E-state index is 11.4. The van der Waals surface area contributed by atoms with E-state index in [0.29, 0.717) is 31.3 Å². The van der Waals surface area contributed by atoms with Crippen LogP contribution in [0.1, 0.15) is 0 Å². The summed E-state index contributed by atoms with van der Waals surface area (Å²) in [6.07, 6.45) is 0. The van der Waals surface area contributed by atoms with Crippen LogP contribution in [-0.4, -0.2) is 89.1 Å². The number of hydrogen-bond acceptors (Lipinski definition) is 5. The van der Waals surface area contributed by atoms with Crippen LogP contribution in [0.25, 0.3) is 0 Å². The number of rotatable bonds is 7. The molecule has 1 aromatic carbocycles. The molecule has 26 heavy (non-hydrogen) atoms. The Labute approximate surface area is 160 Å². The van der Waals surface area contributed by atoms with Crippen LogP contribution in [0.2, 0.25) is 5.02 Å². The topological polar surface area (TPSA) is 74.2 Å². The molecule has 0 amide bonds. The molecule has 0 aromatic heterocycles. The van der Waals surface area contributed by atoms with Crippen LogP contribution in [0, 0.1) is 0 Å². The van der Waals surface area contributed by atoms with Crippen LogP contribution in [-0.2, 0) is 9.84 Å². The van der Waals surface area contributed by atoms with E-state index in [1.807, 2.05) is 24.1 Å². The van der Waals surface area contributed by atoms with Gasteiger partial charge in [-0.1, -0.05) is 11.6 Å². The molecule has 1 saturated heterocycles. The van der Waals surface area contributed by atoms with Crippen LogP contribution in [0.3, 0.4) is 0 Å². The Morgan fingerprint density at radius 2 is 1.96 bits per heavy atom. The van der Waals surface area contributed by atoms with Gasteiger partial charge >= 0.3 is 0 Å². The summed E-state index contributed by atoms with van der Waals surface area (Å²) in [5.74, 6) is 2.08. The highest BCUT2D eigenvalue weighted by atomic mass is 35.5. The van der Waals surface area contributed by atoms with Gasteiger partial charge in [0.05, 0.1) is 18.1 Å². The minimum Gasteiger partial charge on any atom is -0.492 e. The van der Waals surface area contributed by atoms with Crippen molar-refractivity contribution < 1.29 is 13.2 Å². The fraction of sp³-hybridized carbons (Fsp3) is 0.588. The molecule has 2 rings (SSSR count). The molecule has 1 aromatic rings. The Bertz CT molecular complexity index is 680. The molecule has 1 aliphatic heterocycles. The minimum atomic E-state index is -2.83. The average molecular weight is 403 g/mol. The van der Waals surface area contributed by atoms with Gasteiger partial charge in [0.1, 0.15) is 12.4 Å². The second-order valence-corrected chi connectivity index (χ2v) is 8.93. The molecule has 1 fully saturated rings. The van der Waals surface area contributed by atoms with E-state index in [4.69, 9.17) is 16.3 Å². The quantitative estimate of drug-likeness (QED) is 0.541. The third-order valence-corrected chi connectivity index (χ3v) is 6.09. The van der Waals surface area contributed by atoms with Crippen molar-refractivity contribution >= 4 is 27.4 Å². The fourth-order valence-corrected chi connectivity index (χ4v) is 4.02. The maximum atomic E-state index is 11.4. The van der Waals surface area contributed by atoms with Crippen molar-refractivity contribution in [2.75, 3.05) is 64.9 Å². The van der Waals surface area contributed by atoms with Crippen LogP contribution in [0.4, 0.5) is 0 Å². The summed E-state index contributed by atoms with van der Waals surface area (Å²) in [5.41, 5.74) is 0. The highest BCUT2D eigenvalue weighted by Gasteiger charge is 2.21. The second kappa shape index (κ2) is 9.99. The van der Waals surface area contributed by atoms with E-state index < -0.39 is 9.84 Å². The number of halogens is 1. The molecule has 1 aliphatic rings. The van der Waals surface area contributed by atoms with Gasteiger partial charge in [0, 0.05) is 45.3 Å². The largest absolute Gasteiger partial charge is 0.492 e. The number of likely N-dealkylation sites (N-methyl/N-ethyl adjacent to an activating group) is 1. The zero-order valence-electron chi connectivity index (χ0n) is 15.3. The number of aliphatic imine (C=N–C) groups is 1. The molecule has 0 bridgehead atoms. The Balaban J connectivity index is 1.66. The Morgan fingerprint density at radius 3 is 2.58 bits per heavy atom. The average Bonchev–Trinajstić information content (AvgIpc) is 2.61. The minimum absolute atomic E-state index is 0.254. The van der Waals surface area contributed by atoms with Crippen molar-refractivity contribution in [2.24, 2.45) is 4.99 Å². The normalized spacial score (nSPS) is 17.7. The lowest BCUT2D eigenvalue weighted by Crippen LogP contribution is -2.46. The summed E-state index contributed by atoms with van der Waals surface area (Å²) >= 11 is 5.85. The molecule has 0 saturated carbocycles. The van der Waals surface area contributed by atoms with Crippen molar-refractivity contribution in [3.05, 3.63) is 29.3 Å². The van der Waals surface area contributed by atoms with Gasteiger partial charge in [-0.15, -0.1) is 0 Å². The highest BCUT2D eigenvalue weighted by Crippen LogP contribution is 2.15. The van der Waals surface area contributed by atoms with E-state index in [2.05, 4.69) is 15.2 Å². The molecule has 0 atom stereocenters. The van der Waals surface area contributed by atoms with Crippen LogP contribution >= 0.6 is 11.6 Å². The third-order valence-electron chi connectivity index (χ3n) is 4.23. The number of guanidine groups is 1. The lowest BCUT2D eigenvalue weighted by molar-refractivity contribution is 0.278. The predicted molar refractivity (Wildman–Crippen MR) is 106 cm³/mol. The summed E-state index contributed by atoms with van der Waals surface area (Å²) in [4.78, 5) is 8.43. The zero-order valence-corrected chi connectivity index (χ0v) is 16.9. The van der Waals surface area contributed by atoms with Gasteiger partial charge in [-0.3, -0.25) is 9.89 Å². The van der Waals surface area contributed by atoms with E-state index in [9.17, 15) is 8.42 Å². The number of benzene rings is 1. The van der Waals surface area contributed by atoms with Gasteiger partial charge in [0.25, 0.3) is 0 Å². The van der Waals surface area contributed by atoms with E-state index >= 15 is 0 Å². The Hall–Kier alpha value is -1.51. The molecular weight excluding hydrogens is 376 g/mol. The molecule has 9 heteroatoms. The number of sulfone groups is 1. The summed E-state index contributed by atoms with van der Waals surface area (Å²) in [6.45, 7) is 3.94. The van der Waals surface area contributed by atoms with Crippen molar-refractivity contribution in [1.29, 1.82) is 0 Å². The van der Waals surface area contributed by atoms with Gasteiger partial charge < -0.3 is 15.0 Å². The molecular formula is C17H27ClN4O3S. The number of nitrogens with zero attached hydrogens (tertiary/aromatic N) is 3.